The van der Waals surface area contributed by atoms with Crippen molar-refractivity contribution in [1.82, 2.24) is 4.98 Å². The molecule has 0 amide bonds. The van der Waals surface area contributed by atoms with Gasteiger partial charge in [0.1, 0.15) is 17.2 Å². The number of pyridine rings is 1. The summed E-state index contributed by atoms with van der Waals surface area (Å²) in [6.07, 6.45) is -3.72. The fourth-order valence-corrected chi connectivity index (χ4v) is 3.40. The van der Waals surface area contributed by atoms with Crippen LogP contribution in [0.15, 0.2) is 60.8 Å². The SMILES string of the molecule is N#Cc1cc(F)ccc1-c1cc(-c2ccnc3c(F)c(C(F)(F)F)ccc23)ccc1F. The van der Waals surface area contributed by atoms with Gasteiger partial charge in [0.25, 0.3) is 0 Å². The third-order valence-corrected chi connectivity index (χ3v) is 4.83. The van der Waals surface area contributed by atoms with Gasteiger partial charge in [0.2, 0.25) is 0 Å². The van der Waals surface area contributed by atoms with Crippen molar-refractivity contribution in [3.63, 3.8) is 0 Å². The highest BCUT2D eigenvalue weighted by molar-refractivity contribution is 5.96. The zero-order valence-corrected chi connectivity index (χ0v) is 15.4. The molecule has 0 atom stereocenters. The van der Waals surface area contributed by atoms with E-state index in [-0.39, 0.29) is 22.1 Å². The first kappa shape index (κ1) is 20.4. The Morgan fingerprint density at radius 3 is 2.29 bits per heavy atom. The summed E-state index contributed by atoms with van der Waals surface area (Å²) in [4.78, 5) is 3.74. The lowest BCUT2D eigenvalue weighted by Gasteiger charge is -2.13. The van der Waals surface area contributed by atoms with Gasteiger partial charge in [0.05, 0.1) is 17.2 Å². The highest BCUT2D eigenvalue weighted by Gasteiger charge is 2.35. The van der Waals surface area contributed by atoms with Gasteiger partial charge in [-0.05, 0) is 47.5 Å². The molecule has 0 radical (unpaired) electrons. The van der Waals surface area contributed by atoms with Gasteiger partial charge in [-0.25, -0.2) is 13.2 Å². The number of hydrogen-bond donors (Lipinski definition) is 0. The van der Waals surface area contributed by atoms with Crippen molar-refractivity contribution < 1.29 is 26.3 Å². The molecular formula is C23H10F6N2. The number of fused-ring (bicyclic) bond motifs is 1. The predicted molar refractivity (Wildman–Crippen MR) is 102 cm³/mol. The molecule has 0 bridgehead atoms. The molecule has 0 saturated heterocycles. The minimum absolute atomic E-state index is 0.00797. The lowest BCUT2D eigenvalue weighted by Crippen LogP contribution is -2.08. The van der Waals surface area contributed by atoms with Crippen LogP contribution in [0.1, 0.15) is 11.1 Å². The number of nitrogens with zero attached hydrogens (tertiary/aromatic N) is 2. The average molecular weight is 428 g/mol. The third-order valence-electron chi connectivity index (χ3n) is 4.83. The molecule has 8 heteroatoms. The van der Waals surface area contributed by atoms with E-state index in [2.05, 4.69) is 4.98 Å². The number of halogens is 6. The number of benzene rings is 3. The first-order chi connectivity index (χ1) is 14.7. The van der Waals surface area contributed by atoms with Crippen molar-refractivity contribution in [2.45, 2.75) is 6.18 Å². The zero-order chi connectivity index (χ0) is 22.3. The quantitative estimate of drug-likeness (QED) is 0.327. The monoisotopic (exact) mass is 428 g/mol. The zero-order valence-electron chi connectivity index (χ0n) is 15.4. The summed E-state index contributed by atoms with van der Waals surface area (Å²) in [6, 6.07) is 12.2. The Hall–Kier alpha value is -3.86. The van der Waals surface area contributed by atoms with E-state index >= 15 is 0 Å². The van der Waals surface area contributed by atoms with Crippen LogP contribution in [0, 0.1) is 28.8 Å². The van der Waals surface area contributed by atoms with Crippen LogP contribution in [0.2, 0.25) is 0 Å². The third kappa shape index (κ3) is 3.59. The maximum absolute atomic E-state index is 14.5. The Kier molecular flexibility index (Phi) is 4.90. The maximum atomic E-state index is 14.5. The first-order valence-corrected chi connectivity index (χ1v) is 8.85. The summed E-state index contributed by atoms with van der Waals surface area (Å²) in [5.41, 5.74) is -1.18. The second-order valence-corrected chi connectivity index (χ2v) is 6.68. The normalized spacial score (nSPS) is 11.5. The van der Waals surface area contributed by atoms with Gasteiger partial charge < -0.3 is 0 Å². The van der Waals surface area contributed by atoms with E-state index in [1.54, 1.807) is 6.07 Å². The van der Waals surface area contributed by atoms with E-state index in [1.807, 2.05) is 0 Å². The van der Waals surface area contributed by atoms with Crippen molar-refractivity contribution in [3.05, 3.63) is 89.4 Å². The number of alkyl halides is 3. The van der Waals surface area contributed by atoms with Gasteiger partial charge in [-0.15, -0.1) is 0 Å². The van der Waals surface area contributed by atoms with Gasteiger partial charge in [-0.3, -0.25) is 4.98 Å². The molecule has 0 fully saturated rings. The van der Waals surface area contributed by atoms with Crippen molar-refractivity contribution in [2.75, 3.05) is 0 Å². The molecule has 3 aromatic carbocycles. The highest BCUT2D eigenvalue weighted by Crippen LogP contribution is 2.38. The molecule has 4 rings (SSSR count). The second kappa shape index (κ2) is 7.43. The molecule has 0 aliphatic rings. The molecular weight excluding hydrogens is 418 g/mol. The van der Waals surface area contributed by atoms with Crippen LogP contribution < -0.4 is 0 Å². The number of hydrogen-bond acceptors (Lipinski definition) is 2. The minimum Gasteiger partial charge on any atom is -0.253 e. The van der Waals surface area contributed by atoms with Crippen LogP contribution in [0.25, 0.3) is 33.2 Å². The standard InChI is InChI=1S/C23H10F6N2/c24-14-2-3-15(13(9-14)11-30)18-10-12(1-6-20(18)25)16-7-8-31-22-17(16)4-5-19(21(22)26)23(27,28)29/h1-10H. The van der Waals surface area contributed by atoms with E-state index in [0.717, 1.165) is 30.5 Å². The maximum Gasteiger partial charge on any atom is 0.419 e. The highest BCUT2D eigenvalue weighted by atomic mass is 19.4. The van der Waals surface area contributed by atoms with Crippen LogP contribution in [0.5, 0.6) is 0 Å². The Morgan fingerprint density at radius 1 is 0.806 bits per heavy atom. The van der Waals surface area contributed by atoms with Crippen LogP contribution in [-0.4, -0.2) is 4.98 Å². The predicted octanol–water partition coefficient (Wildman–Crippen LogP) is 6.88. The Morgan fingerprint density at radius 2 is 1.58 bits per heavy atom. The molecule has 0 saturated carbocycles. The van der Waals surface area contributed by atoms with Gasteiger partial charge in [-0.1, -0.05) is 18.2 Å². The van der Waals surface area contributed by atoms with Crippen LogP contribution in [-0.2, 0) is 6.18 Å². The average Bonchev–Trinajstić information content (AvgIpc) is 2.73. The van der Waals surface area contributed by atoms with E-state index in [1.165, 1.54) is 24.3 Å². The molecule has 4 aromatic rings. The van der Waals surface area contributed by atoms with Crippen molar-refractivity contribution in [2.24, 2.45) is 0 Å². The lowest BCUT2D eigenvalue weighted by atomic mass is 9.94. The van der Waals surface area contributed by atoms with E-state index in [9.17, 15) is 31.6 Å². The molecule has 0 aliphatic heterocycles. The summed E-state index contributed by atoms with van der Waals surface area (Å²) >= 11 is 0. The summed E-state index contributed by atoms with van der Waals surface area (Å²) < 4.78 is 81.6. The van der Waals surface area contributed by atoms with Crippen LogP contribution in [0.4, 0.5) is 26.3 Å². The van der Waals surface area contributed by atoms with Crippen molar-refractivity contribution in [3.8, 4) is 28.3 Å². The van der Waals surface area contributed by atoms with Gasteiger partial charge in [0, 0.05) is 22.7 Å². The Balaban J connectivity index is 1.94. The summed E-state index contributed by atoms with van der Waals surface area (Å²) in [7, 11) is 0. The minimum atomic E-state index is -4.88. The molecule has 0 N–H and O–H groups in total. The Bertz CT molecular complexity index is 1370. The largest absolute Gasteiger partial charge is 0.419 e. The molecule has 1 heterocycles. The van der Waals surface area contributed by atoms with Crippen molar-refractivity contribution >= 4 is 10.9 Å². The first-order valence-electron chi connectivity index (χ1n) is 8.85. The smallest absolute Gasteiger partial charge is 0.253 e. The van der Waals surface area contributed by atoms with E-state index < -0.39 is 34.7 Å². The van der Waals surface area contributed by atoms with Gasteiger partial charge in [0.15, 0.2) is 5.82 Å². The fraction of sp³-hybridized carbons (Fsp3) is 0.0435. The molecule has 0 unspecified atom stereocenters. The Labute approximate surface area is 172 Å². The lowest BCUT2D eigenvalue weighted by molar-refractivity contribution is -0.139. The molecule has 0 spiro atoms. The van der Waals surface area contributed by atoms with E-state index in [0.29, 0.717) is 17.2 Å². The number of nitriles is 1. The summed E-state index contributed by atoms with van der Waals surface area (Å²) in [5, 5.41) is 9.37. The molecule has 0 aliphatic carbocycles. The van der Waals surface area contributed by atoms with Crippen LogP contribution in [0.3, 0.4) is 0 Å². The molecule has 2 nitrogen and oxygen atoms in total. The molecule has 154 valence electrons. The van der Waals surface area contributed by atoms with Gasteiger partial charge >= 0.3 is 6.18 Å². The van der Waals surface area contributed by atoms with E-state index in [4.69, 9.17) is 0 Å². The summed E-state index contributed by atoms with van der Waals surface area (Å²) in [6.45, 7) is 0. The van der Waals surface area contributed by atoms with Gasteiger partial charge in [-0.2, -0.15) is 18.4 Å². The summed E-state index contributed by atoms with van der Waals surface area (Å²) in [5.74, 6) is -2.84. The fourth-order valence-electron chi connectivity index (χ4n) is 3.40. The van der Waals surface area contributed by atoms with Crippen LogP contribution >= 0.6 is 0 Å². The molecule has 1 aromatic heterocycles. The number of aromatic nitrogens is 1. The second-order valence-electron chi connectivity index (χ2n) is 6.68. The number of rotatable bonds is 2. The molecule has 31 heavy (non-hydrogen) atoms. The van der Waals surface area contributed by atoms with Crippen molar-refractivity contribution in [1.29, 1.82) is 5.26 Å². The topological polar surface area (TPSA) is 36.7 Å².